The van der Waals surface area contributed by atoms with Gasteiger partial charge in [0, 0.05) is 25.7 Å². The smallest absolute Gasteiger partial charge is 0.270 e. The van der Waals surface area contributed by atoms with Crippen LogP contribution in [0.25, 0.3) is 5.65 Å². The minimum absolute atomic E-state index is 0.0992. The summed E-state index contributed by atoms with van der Waals surface area (Å²) in [6.07, 6.45) is 9.94. The number of imidazole rings is 1. The van der Waals surface area contributed by atoms with Crippen LogP contribution in [0, 0.1) is 6.92 Å². The average molecular weight is 414 g/mol. The Balaban J connectivity index is 1.22. The second-order valence-electron chi connectivity index (χ2n) is 8.15. The number of nitrogens with one attached hydrogen (secondary N) is 2. The number of aromatic nitrogens is 2. The predicted octanol–water partition coefficient (Wildman–Crippen LogP) is 2.93. The molecule has 0 radical (unpaired) electrons. The molecule has 0 bridgehead atoms. The van der Waals surface area contributed by atoms with Crippen molar-refractivity contribution in [2.45, 2.75) is 58.3 Å². The van der Waals surface area contributed by atoms with Crippen molar-refractivity contribution in [1.82, 2.24) is 24.9 Å². The fraction of sp³-hybridized carbons (Fsp3) is 0.609. The van der Waals surface area contributed by atoms with Gasteiger partial charge < -0.3 is 15.5 Å². The fourth-order valence-corrected chi connectivity index (χ4v) is 4.04. The Bertz CT molecular complexity index is 826. The summed E-state index contributed by atoms with van der Waals surface area (Å²) in [7, 11) is 0. The van der Waals surface area contributed by atoms with E-state index in [4.69, 9.17) is 0 Å². The van der Waals surface area contributed by atoms with Gasteiger partial charge in [0.2, 0.25) is 5.91 Å². The molecule has 7 heteroatoms. The lowest BCUT2D eigenvalue weighted by molar-refractivity contribution is -0.121. The molecular weight excluding hydrogens is 378 g/mol. The highest BCUT2D eigenvalue weighted by Gasteiger charge is 2.15. The molecule has 2 aromatic heterocycles. The first-order valence-electron chi connectivity index (χ1n) is 11.4. The minimum atomic E-state index is -0.0992. The molecule has 0 unspecified atom stereocenters. The molecule has 1 aliphatic heterocycles. The molecule has 7 nitrogen and oxygen atoms in total. The van der Waals surface area contributed by atoms with Crippen LogP contribution in [0.15, 0.2) is 24.4 Å². The molecule has 0 saturated carbocycles. The molecule has 1 fully saturated rings. The summed E-state index contributed by atoms with van der Waals surface area (Å²) in [5.74, 6) is 0.0411. The molecule has 2 aromatic rings. The van der Waals surface area contributed by atoms with Crippen molar-refractivity contribution in [3.63, 3.8) is 0 Å². The Kier molecular flexibility index (Phi) is 8.68. The molecule has 1 aliphatic rings. The van der Waals surface area contributed by atoms with Crippen LogP contribution in [-0.4, -0.2) is 58.8 Å². The monoisotopic (exact) mass is 413 g/mol. The third-order valence-corrected chi connectivity index (χ3v) is 5.71. The van der Waals surface area contributed by atoms with E-state index in [9.17, 15) is 9.59 Å². The largest absolute Gasteiger partial charge is 0.356 e. The third kappa shape index (κ3) is 6.55. The maximum atomic E-state index is 12.5. The second-order valence-corrected chi connectivity index (χ2v) is 8.15. The van der Waals surface area contributed by atoms with Gasteiger partial charge in [-0.15, -0.1) is 0 Å². The Morgan fingerprint density at radius 3 is 2.60 bits per heavy atom. The van der Waals surface area contributed by atoms with Crippen LogP contribution in [0.4, 0.5) is 0 Å². The molecule has 1 saturated heterocycles. The first-order valence-corrected chi connectivity index (χ1v) is 11.4. The van der Waals surface area contributed by atoms with E-state index in [-0.39, 0.29) is 11.8 Å². The SMILES string of the molecule is Cc1nc2ccccn2c1C(=O)NCCCCCC(=O)NCCCCN1CCCC1. The number of likely N-dealkylation sites (tertiary alicyclic amines) is 1. The maximum absolute atomic E-state index is 12.5. The predicted molar refractivity (Wildman–Crippen MR) is 119 cm³/mol. The average Bonchev–Trinajstić information content (AvgIpc) is 3.36. The van der Waals surface area contributed by atoms with E-state index in [1.54, 1.807) is 0 Å². The molecule has 0 aromatic carbocycles. The lowest BCUT2D eigenvalue weighted by Crippen LogP contribution is -2.27. The summed E-state index contributed by atoms with van der Waals surface area (Å²) >= 11 is 0. The van der Waals surface area contributed by atoms with Crippen LogP contribution >= 0.6 is 0 Å². The van der Waals surface area contributed by atoms with E-state index >= 15 is 0 Å². The molecule has 3 rings (SSSR count). The van der Waals surface area contributed by atoms with Gasteiger partial charge in [0.1, 0.15) is 11.3 Å². The fourth-order valence-electron chi connectivity index (χ4n) is 4.04. The van der Waals surface area contributed by atoms with Gasteiger partial charge in [-0.2, -0.15) is 0 Å². The Morgan fingerprint density at radius 1 is 1.00 bits per heavy atom. The Morgan fingerprint density at radius 2 is 1.77 bits per heavy atom. The highest BCUT2D eigenvalue weighted by molar-refractivity contribution is 5.94. The molecule has 2 amide bonds. The van der Waals surface area contributed by atoms with Gasteiger partial charge in [0.15, 0.2) is 0 Å². The highest BCUT2D eigenvalue weighted by atomic mass is 16.2. The van der Waals surface area contributed by atoms with Crippen LogP contribution in [0.3, 0.4) is 0 Å². The van der Waals surface area contributed by atoms with Crippen molar-refractivity contribution >= 4 is 17.5 Å². The maximum Gasteiger partial charge on any atom is 0.270 e. The molecule has 2 N–H and O–H groups in total. The number of amides is 2. The molecule has 0 aliphatic carbocycles. The van der Waals surface area contributed by atoms with Crippen molar-refractivity contribution in [1.29, 1.82) is 0 Å². The summed E-state index contributed by atoms with van der Waals surface area (Å²) in [5, 5.41) is 6.00. The number of fused-ring (bicyclic) bond motifs is 1. The molecule has 3 heterocycles. The summed E-state index contributed by atoms with van der Waals surface area (Å²) in [6.45, 7) is 6.89. The zero-order chi connectivity index (χ0) is 21.2. The van der Waals surface area contributed by atoms with Crippen LogP contribution in [0.5, 0.6) is 0 Å². The topological polar surface area (TPSA) is 78.7 Å². The molecule has 0 spiro atoms. The van der Waals surface area contributed by atoms with Gasteiger partial charge >= 0.3 is 0 Å². The van der Waals surface area contributed by atoms with E-state index in [2.05, 4.69) is 20.5 Å². The van der Waals surface area contributed by atoms with Gasteiger partial charge in [0.05, 0.1) is 5.69 Å². The van der Waals surface area contributed by atoms with E-state index in [1.807, 2.05) is 35.7 Å². The van der Waals surface area contributed by atoms with Gasteiger partial charge in [0.25, 0.3) is 5.91 Å². The highest BCUT2D eigenvalue weighted by Crippen LogP contribution is 2.11. The number of hydrogen-bond donors (Lipinski definition) is 2. The molecule has 0 atom stereocenters. The number of rotatable bonds is 12. The van der Waals surface area contributed by atoms with Crippen molar-refractivity contribution in [2.75, 3.05) is 32.7 Å². The van der Waals surface area contributed by atoms with Crippen molar-refractivity contribution in [2.24, 2.45) is 0 Å². The van der Waals surface area contributed by atoms with Crippen molar-refractivity contribution in [3.05, 3.63) is 35.8 Å². The lowest BCUT2D eigenvalue weighted by Gasteiger charge is -2.14. The summed E-state index contributed by atoms with van der Waals surface area (Å²) < 4.78 is 1.82. The number of pyridine rings is 1. The van der Waals surface area contributed by atoms with Crippen molar-refractivity contribution in [3.8, 4) is 0 Å². The Labute approximate surface area is 179 Å². The lowest BCUT2D eigenvalue weighted by atomic mass is 10.2. The molecular formula is C23H35N5O2. The number of aryl methyl sites for hydroxylation is 1. The Hall–Kier alpha value is -2.41. The zero-order valence-corrected chi connectivity index (χ0v) is 18.2. The second kappa shape index (κ2) is 11.7. The van der Waals surface area contributed by atoms with E-state index in [0.29, 0.717) is 18.7 Å². The number of carbonyl (C=O) groups is 2. The van der Waals surface area contributed by atoms with E-state index in [0.717, 1.165) is 56.5 Å². The zero-order valence-electron chi connectivity index (χ0n) is 18.2. The van der Waals surface area contributed by atoms with Gasteiger partial charge in [-0.05, 0) is 77.2 Å². The van der Waals surface area contributed by atoms with Crippen LogP contribution < -0.4 is 10.6 Å². The van der Waals surface area contributed by atoms with Gasteiger partial charge in [-0.3, -0.25) is 14.0 Å². The first-order chi connectivity index (χ1) is 14.6. The van der Waals surface area contributed by atoms with Gasteiger partial charge in [-0.25, -0.2) is 4.98 Å². The number of hydrogen-bond acceptors (Lipinski definition) is 4. The minimum Gasteiger partial charge on any atom is -0.356 e. The quantitative estimate of drug-likeness (QED) is 0.525. The number of carbonyl (C=O) groups excluding carboxylic acids is 2. The van der Waals surface area contributed by atoms with Gasteiger partial charge in [-0.1, -0.05) is 12.5 Å². The standard InChI is InChI=1S/C23H35N5O2/c1-19-22(28-18-7-4-11-20(28)26-19)23(30)25-14-5-2-3-12-21(29)24-13-6-8-15-27-16-9-10-17-27/h4,7,11,18H,2-3,5-6,8-10,12-17H2,1H3,(H,24,29)(H,25,30). The van der Waals surface area contributed by atoms with Crippen LogP contribution in [0.1, 0.15) is 67.5 Å². The van der Waals surface area contributed by atoms with Crippen molar-refractivity contribution < 1.29 is 9.59 Å². The van der Waals surface area contributed by atoms with Crippen LogP contribution in [0.2, 0.25) is 0 Å². The van der Waals surface area contributed by atoms with E-state index in [1.165, 1.54) is 25.9 Å². The summed E-state index contributed by atoms with van der Waals surface area (Å²) in [4.78, 5) is 31.4. The number of unbranched alkanes of at least 4 members (excludes halogenated alkanes) is 3. The van der Waals surface area contributed by atoms with Crippen LogP contribution in [-0.2, 0) is 4.79 Å². The normalized spacial score (nSPS) is 14.3. The molecule has 164 valence electrons. The summed E-state index contributed by atoms with van der Waals surface area (Å²) in [5.41, 5.74) is 2.10. The third-order valence-electron chi connectivity index (χ3n) is 5.71. The summed E-state index contributed by atoms with van der Waals surface area (Å²) in [6, 6.07) is 5.69. The molecule has 30 heavy (non-hydrogen) atoms. The first kappa shape index (κ1) is 22.3. The van der Waals surface area contributed by atoms with E-state index < -0.39 is 0 Å². The number of nitrogens with zero attached hydrogens (tertiary/aromatic N) is 3.